The summed E-state index contributed by atoms with van der Waals surface area (Å²) in [6.45, 7) is 0. The lowest BCUT2D eigenvalue weighted by Gasteiger charge is -2.14. The Labute approximate surface area is 173 Å². The van der Waals surface area contributed by atoms with Gasteiger partial charge < -0.3 is 4.52 Å². The second kappa shape index (κ2) is 7.20. The van der Waals surface area contributed by atoms with Crippen LogP contribution in [-0.2, 0) is 0 Å². The van der Waals surface area contributed by atoms with Crippen LogP contribution in [0.25, 0.3) is 11.3 Å². The van der Waals surface area contributed by atoms with Crippen molar-refractivity contribution in [2.45, 2.75) is 12.6 Å². The highest BCUT2D eigenvalue weighted by Crippen LogP contribution is 2.63. The summed E-state index contributed by atoms with van der Waals surface area (Å²) in [6.07, 6.45) is -4.99. The summed E-state index contributed by atoms with van der Waals surface area (Å²) in [5.74, 6) is 2.93. The van der Waals surface area contributed by atoms with Crippen LogP contribution in [0.1, 0.15) is 22.5 Å². The smallest absolute Gasteiger partial charge is 0.347 e. The molecule has 1 aliphatic carbocycles. The SMILES string of the molecule is O=C(c1ccc(Br)cc1)[C@@H]1C[C@@]1(C#Cc1cc(-c2ccccc2)no1)C(F)(F)F. The van der Waals surface area contributed by atoms with E-state index < -0.39 is 23.3 Å². The quantitative estimate of drug-likeness (QED) is 0.361. The number of hydrogen-bond acceptors (Lipinski definition) is 3. The number of hydrogen-bond donors (Lipinski definition) is 0. The molecule has 1 fully saturated rings. The molecule has 0 spiro atoms. The van der Waals surface area contributed by atoms with Crippen molar-refractivity contribution in [2.24, 2.45) is 11.3 Å². The van der Waals surface area contributed by atoms with Crippen LogP contribution < -0.4 is 0 Å². The maximum Gasteiger partial charge on any atom is 0.405 e. The molecule has 0 amide bonds. The van der Waals surface area contributed by atoms with Crippen molar-refractivity contribution >= 4 is 21.7 Å². The second-order valence-corrected chi connectivity index (χ2v) is 7.71. The number of Topliss-reactive ketones (excluding diaryl/α,β-unsaturated/α-hetero) is 1. The third kappa shape index (κ3) is 3.73. The molecule has 1 aromatic heterocycles. The molecule has 3 aromatic rings. The van der Waals surface area contributed by atoms with E-state index in [9.17, 15) is 18.0 Å². The summed E-state index contributed by atoms with van der Waals surface area (Å²) in [4.78, 5) is 12.6. The van der Waals surface area contributed by atoms with E-state index in [2.05, 4.69) is 32.9 Å². The monoisotopic (exact) mass is 459 g/mol. The molecule has 2 aromatic carbocycles. The molecule has 2 atom stereocenters. The summed E-state index contributed by atoms with van der Waals surface area (Å²) < 4.78 is 47.1. The topological polar surface area (TPSA) is 43.1 Å². The van der Waals surface area contributed by atoms with Crippen LogP contribution in [0.2, 0.25) is 0 Å². The van der Waals surface area contributed by atoms with Gasteiger partial charge in [0, 0.05) is 27.6 Å². The molecule has 0 unspecified atom stereocenters. The van der Waals surface area contributed by atoms with E-state index in [1.807, 2.05) is 18.2 Å². The Balaban J connectivity index is 1.60. The number of benzene rings is 2. The van der Waals surface area contributed by atoms with Crippen LogP contribution in [0.3, 0.4) is 0 Å². The minimum atomic E-state index is -4.63. The number of rotatable bonds is 3. The number of ketones is 1. The predicted molar refractivity (Wildman–Crippen MR) is 104 cm³/mol. The van der Waals surface area contributed by atoms with Crippen molar-refractivity contribution in [1.29, 1.82) is 0 Å². The molecule has 1 aliphatic rings. The molecular formula is C22H13BrF3NO2. The van der Waals surface area contributed by atoms with Gasteiger partial charge in [0.05, 0.1) is 0 Å². The molecule has 0 aliphatic heterocycles. The van der Waals surface area contributed by atoms with Gasteiger partial charge in [0.15, 0.2) is 5.78 Å². The third-order valence-corrected chi connectivity index (χ3v) is 5.43. The average molecular weight is 460 g/mol. The Morgan fingerprint density at radius 3 is 2.48 bits per heavy atom. The Morgan fingerprint density at radius 2 is 1.83 bits per heavy atom. The number of alkyl halides is 3. The zero-order chi connectivity index (χ0) is 20.6. The van der Waals surface area contributed by atoms with Gasteiger partial charge in [0.2, 0.25) is 5.76 Å². The van der Waals surface area contributed by atoms with Gasteiger partial charge in [-0.3, -0.25) is 4.79 Å². The summed E-state index contributed by atoms with van der Waals surface area (Å²) >= 11 is 3.24. The lowest BCUT2D eigenvalue weighted by molar-refractivity contribution is -0.171. The zero-order valence-electron chi connectivity index (χ0n) is 14.8. The first-order chi connectivity index (χ1) is 13.8. The van der Waals surface area contributed by atoms with Crippen molar-refractivity contribution in [1.82, 2.24) is 5.16 Å². The summed E-state index contributed by atoms with van der Waals surface area (Å²) in [5, 5.41) is 3.85. The number of halogens is 4. The van der Waals surface area contributed by atoms with E-state index in [0.29, 0.717) is 5.69 Å². The van der Waals surface area contributed by atoms with Crippen LogP contribution >= 0.6 is 15.9 Å². The Bertz CT molecular complexity index is 1110. The van der Waals surface area contributed by atoms with Crippen molar-refractivity contribution in [3.05, 3.63) is 76.5 Å². The van der Waals surface area contributed by atoms with Gasteiger partial charge >= 0.3 is 6.18 Å². The van der Waals surface area contributed by atoms with Gasteiger partial charge in [0.25, 0.3) is 0 Å². The van der Waals surface area contributed by atoms with Gasteiger partial charge in [-0.15, -0.1) is 0 Å². The summed E-state index contributed by atoms with van der Waals surface area (Å²) in [6, 6.07) is 16.8. The van der Waals surface area contributed by atoms with Crippen LogP contribution in [0.15, 0.2) is 69.7 Å². The lowest BCUT2D eigenvalue weighted by atomic mass is 9.97. The molecule has 0 bridgehead atoms. The van der Waals surface area contributed by atoms with Gasteiger partial charge in [-0.1, -0.05) is 69.5 Å². The first-order valence-corrected chi connectivity index (χ1v) is 9.51. The second-order valence-electron chi connectivity index (χ2n) is 6.79. The molecule has 0 N–H and O–H groups in total. The molecule has 7 heteroatoms. The molecule has 146 valence electrons. The third-order valence-electron chi connectivity index (χ3n) is 4.90. The molecule has 4 rings (SSSR count). The lowest BCUT2D eigenvalue weighted by Crippen LogP contribution is -2.27. The predicted octanol–water partition coefficient (Wildman–Crippen LogP) is 5.91. The van der Waals surface area contributed by atoms with Gasteiger partial charge in [-0.2, -0.15) is 13.2 Å². The highest BCUT2D eigenvalue weighted by molar-refractivity contribution is 9.10. The maximum absolute atomic E-state index is 13.8. The highest BCUT2D eigenvalue weighted by atomic mass is 79.9. The summed E-state index contributed by atoms with van der Waals surface area (Å²) in [5.41, 5.74) is -0.882. The molecule has 1 saturated carbocycles. The number of carbonyl (C=O) groups is 1. The van der Waals surface area contributed by atoms with Gasteiger partial charge in [-0.05, 0) is 24.5 Å². The van der Waals surface area contributed by atoms with Crippen molar-refractivity contribution in [3.63, 3.8) is 0 Å². The van der Waals surface area contributed by atoms with Crippen LogP contribution in [0, 0.1) is 23.2 Å². The van der Waals surface area contributed by atoms with E-state index in [-0.39, 0.29) is 17.7 Å². The van der Waals surface area contributed by atoms with E-state index >= 15 is 0 Å². The molecule has 1 heterocycles. The number of nitrogens with zero attached hydrogens (tertiary/aromatic N) is 1. The van der Waals surface area contributed by atoms with Crippen LogP contribution in [-0.4, -0.2) is 17.1 Å². The van der Waals surface area contributed by atoms with Crippen molar-refractivity contribution in [3.8, 4) is 23.1 Å². The molecule has 3 nitrogen and oxygen atoms in total. The van der Waals surface area contributed by atoms with E-state index in [1.54, 1.807) is 24.3 Å². The number of aromatic nitrogens is 1. The Morgan fingerprint density at radius 1 is 1.14 bits per heavy atom. The van der Waals surface area contributed by atoms with Gasteiger partial charge in [-0.25, -0.2) is 0 Å². The average Bonchev–Trinajstić information content (AvgIpc) is 3.28. The minimum absolute atomic E-state index is 0.0224. The first-order valence-electron chi connectivity index (χ1n) is 8.72. The van der Waals surface area contributed by atoms with Crippen molar-refractivity contribution in [2.75, 3.05) is 0 Å². The highest BCUT2D eigenvalue weighted by Gasteiger charge is 2.72. The summed E-state index contributed by atoms with van der Waals surface area (Å²) in [7, 11) is 0. The number of carbonyl (C=O) groups excluding carboxylic acids is 1. The standard InChI is InChI=1S/C22H13BrF3NO2/c23-16-8-6-15(7-9-16)20(28)18-13-21(18,22(24,25)26)11-10-17-12-19(27-29-17)14-4-2-1-3-5-14/h1-9,12,18H,13H2/t18-,21+/m0/s1. The Hall–Kier alpha value is -2.85. The molecule has 0 saturated heterocycles. The van der Waals surface area contributed by atoms with E-state index in [4.69, 9.17) is 4.52 Å². The van der Waals surface area contributed by atoms with E-state index in [0.717, 1.165) is 10.0 Å². The zero-order valence-corrected chi connectivity index (χ0v) is 16.4. The molecule has 0 radical (unpaired) electrons. The normalized spacial score (nSPS) is 20.6. The first kappa shape index (κ1) is 19.5. The van der Waals surface area contributed by atoms with Crippen LogP contribution in [0.5, 0.6) is 0 Å². The fourth-order valence-electron chi connectivity index (χ4n) is 3.17. The fourth-order valence-corrected chi connectivity index (χ4v) is 3.43. The molecule has 29 heavy (non-hydrogen) atoms. The van der Waals surface area contributed by atoms with Gasteiger partial charge in [0.1, 0.15) is 11.1 Å². The fraction of sp³-hybridized carbons (Fsp3) is 0.182. The van der Waals surface area contributed by atoms with Crippen LogP contribution in [0.4, 0.5) is 13.2 Å². The maximum atomic E-state index is 13.8. The Kier molecular flexibility index (Phi) is 4.83. The molecular weight excluding hydrogens is 447 g/mol. The van der Waals surface area contributed by atoms with Crippen molar-refractivity contribution < 1.29 is 22.5 Å². The largest absolute Gasteiger partial charge is 0.405 e. The van der Waals surface area contributed by atoms with E-state index in [1.165, 1.54) is 18.2 Å². The minimum Gasteiger partial charge on any atom is -0.347 e.